The van der Waals surface area contributed by atoms with Crippen LogP contribution >= 0.6 is 0 Å². The third kappa shape index (κ3) is 3.16. The van der Waals surface area contributed by atoms with E-state index in [1.807, 2.05) is 0 Å². The van der Waals surface area contributed by atoms with E-state index in [2.05, 4.69) is 79.7 Å². The SMILES string of the molecule is CCC[C]1([Hf][C]2(C)C(C)=C(C)C(C)=C2C)C=Cc2cc3c(cc21)CC(CC)(CC)C3. The molecule has 0 amide bonds. The van der Waals surface area contributed by atoms with Crippen LogP contribution in [0.2, 0.25) is 3.17 Å². The van der Waals surface area contributed by atoms with Gasteiger partial charge in [0.05, 0.1) is 0 Å². The first-order valence-corrected chi connectivity index (χ1v) is 15.8. The predicted octanol–water partition coefficient (Wildman–Crippen LogP) is 8.56. The Balaban J connectivity index is 1.78. The van der Waals surface area contributed by atoms with Crippen molar-refractivity contribution < 1.29 is 22.9 Å². The van der Waals surface area contributed by atoms with Crippen molar-refractivity contribution >= 4 is 6.08 Å². The molecule has 0 bridgehead atoms. The van der Waals surface area contributed by atoms with Gasteiger partial charge in [0.15, 0.2) is 0 Å². The average molecular weight is 567 g/mol. The van der Waals surface area contributed by atoms with Crippen LogP contribution in [0.15, 0.2) is 40.5 Å². The molecule has 0 radical (unpaired) electrons. The molecule has 0 N–H and O–H groups in total. The molecule has 0 heterocycles. The van der Waals surface area contributed by atoms with Gasteiger partial charge in [0.1, 0.15) is 0 Å². The zero-order chi connectivity index (χ0) is 21.9. The van der Waals surface area contributed by atoms with Crippen molar-refractivity contribution in [2.75, 3.05) is 0 Å². The summed E-state index contributed by atoms with van der Waals surface area (Å²) in [6.45, 7) is 19.4. The molecule has 1 aromatic rings. The van der Waals surface area contributed by atoms with Gasteiger partial charge in [-0.3, -0.25) is 0 Å². The molecule has 0 saturated carbocycles. The molecule has 0 aliphatic heterocycles. The molecule has 1 heteroatoms. The first-order valence-electron chi connectivity index (χ1n) is 12.2. The molecule has 1 aromatic carbocycles. The van der Waals surface area contributed by atoms with Gasteiger partial charge in [-0.15, -0.1) is 0 Å². The Morgan fingerprint density at radius 2 is 1.43 bits per heavy atom. The van der Waals surface area contributed by atoms with Crippen molar-refractivity contribution in [1.29, 1.82) is 0 Å². The van der Waals surface area contributed by atoms with Gasteiger partial charge in [0.2, 0.25) is 0 Å². The van der Waals surface area contributed by atoms with E-state index in [4.69, 9.17) is 0 Å². The Labute approximate surface area is 196 Å². The second-order valence-electron chi connectivity index (χ2n) is 10.6. The van der Waals surface area contributed by atoms with Crippen molar-refractivity contribution in [3.8, 4) is 0 Å². The maximum absolute atomic E-state index is 2.69. The first-order chi connectivity index (χ1) is 14.1. The Hall–Kier alpha value is -0.690. The fourth-order valence-electron chi connectivity index (χ4n) is 6.52. The molecule has 0 aromatic heterocycles. The summed E-state index contributed by atoms with van der Waals surface area (Å²) in [5.41, 5.74) is 13.6. The molecule has 0 nitrogen and oxygen atoms in total. The first kappa shape index (κ1) is 22.5. The van der Waals surface area contributed by atoms with Crippen molar-refractivity contribution in [3.63, 3.8) is 0 Å². The number of benzene rings is 1. The standard InChI is InChI=1S/C19H25.C10H15.Hf/c1-4-7-14-8-9-15-10-16-12-19(5-2,6-3)13-17(16)11-18(14)15;1-6-7(2)9(4)10(5)8(6)3;/h8-11H,4-7,12-13H2,1-3H3;1-5H3;. The normalized spacial score (nSPS) is 25.9. The molecular formula is C29H40Hf. The minimum atomic E-state index is -1.14. The molecule has 1 atom stereocenters. The fourth-order valence-corrected chi connectivity index (χ4v) is 15.6. The van der Waals surface area contributed by atoms with Gasteiger partial charge < -0.3 is 0 Å². The Morgan fingerprint density at radius 1 is 0.867 bits per heavy atom. The predicted molar refractivity (Wildman–Crippen MR) is 128 cm³/mol. The third-order valence-electron chi connectivity index (χ3n) is 9.34. The zero-order valence-electron chi connectivity index (χ0n) is 20.6. The molecular weight excluding hydrogens is 527 g/mol. The van der Waals surface area contributed by atoms with E-state index in [9.17, 15) is 0 Å². The second kappa shape index (κ2) is 7.72. The molecule has 3 aliphatic carbocycles. The van der Waals surface area contributed by atoms with Crippen LogP contribution in [0.25, 0.3) is 6.08 Å². The summed E-state index contributed by atoms with van der Waals surface area (Å²) < 4.78 is 0.732. The van der Waals surface area contributed by atoms with Crippen molar-refractivity contribution in [1.82, 2.24) is 0 Å². The number of rotatable bonds is 6. The molecule has 1 unspecified atom stereocenters. The van der Waals surface area contributed by atoms with Crippen LogP contribution in [0.1, 0.15) is 103 Å². The monoisotopic (exact) mass is 568 g/mol. The van der Waals surface area contributed by atoms with E-state index in [0.29, 0.717) is 11.8 Å². The summed E-state index contributed by atoms with van der Waals surface area (Å²) in [5, 5.41) is 0. The van der Waals surface area contributed by atoms with Crippen LogP contribution in [-0.4, -0.2) is 0 Å². The van der Waals surface area contributed by atoms with Gasteiger partial charge in [0, 0.05) is 0 Å². The van der Waals surface area contributed by atoms with E-state index >= 15 is 0 Å². The van der Waals surface area contributed by atoms with Crippen molar-refractivity contribution in [2.45, 2.75) is 100 Å². The Kier molecular flexibility index (Phi) is 5.79. The molecule has 0 spiro atoms. The van der Waals surface area contributed by atoms with E-state index < -0.39 is 22.9 Å². The van der Waals surface area contributed by atoms with Crippen LogP contribution in [-0.2, 0) is 38.9 Å². The van der Waals surface area contributed by atoms with Crippen LogP contribution in [0.5, 0.6) is 0 Å². The molecule has 0 saturated heterocycles. The van der Waals surface area contributed by atoms with E-state index in [0.717, 1.165) is 0 Å². The Bertz CT molecular complexity index is 942. The molecule has 4 rings (SSSR count). The summed E-state index contributed by atoms with van der Waals surface area (Å²) >= 11 is -1.14. The van der Waals surface area contributed by atoms with Gasteiger partial charge in [-0.1, -0.05) is 0 Å². The Morgan fingerprint density at radius 3 is 1.97 bits per heavy atom. The molecule has 160 valence electrons. The average Bonchev–Trinajstić information content (AvgIpc) is 3.32. The van der Waals surface area contributed by atoms with Gasteiger partial charge in [-0.05, 0) is 0 Å². The van der Waals surface area contributed by atoms with E-state index in [1.54, 1.807) is 44.5 Å². The van der Waals surface area contributed by atoms with Gasteiger partial charge >= 0.3 is 197 Å². The number of hydrogen-bond donors (Lipinski definition) is 0. The quantitative estimate of drug-likeness (QED) is 0.303. The maximum atomic E-state index is 2.69. The topological polar surface area (TPSA) is 0 Å². The van der Waals surface area contributed by atoms with Gasteiger partial charge in [-0.25, -0.2) is 0 Å². The van der Waals surface area contributed by atoms with Crippen LogP contribution in [0.4, 0.5) is 0 Å². The van der Waals surface area contributed by atoms with E-state index in [1.165, 1.54) is 38.5 Å². The number of fused-ring (bicyclic) bond motifs is 2. The summed E-state index contributed by atoms with van der Waals surface area (Å²) in [7, 11) is 0. The minimum absolute atomic E-state index is 0.366. The van der Waals surface area contributed by atoms with Crippen LogP contribution < -0.4 is 0 Å². The summed E-state index contributed by atoms with van der Waals surface area (Å²) in [6, 6.07) is 5.28. The third-order valence-corrected chi connectivity index (χ3v) is 17.9. The molecule has 30 heavy (non-hydrogen) atoms. The van der Waals surface area contributed by atoms with Crippen molar-refractivity contribution in [2.24, 2.45) is 5.41 Å². The van der Waals surface area contributed by atoms with Gasteiger partial charge in [0.25, 0.3) is 0 Å². The van der Waals surface area contributed by atoms with Crippen LogP contribution in [0, 0.1) is 5.41 Å². The second-order valence-corrected chi connectivity index (χ2v) is 18.3. The number of hydrogen-bond acceptors (Lipinski definition) is 0. The van der Waals surface area contributed by atoms with Crippen molar-refractivity contribution in [3.05, 3.63) is 62.8 Å². The summed E-state index contributed by atoms with van der Waals surface area (Å²) in [6.07, 6.45) is 13.0. The number of allylic oxidation sites excluding steroid dienone is 5. The molecule has 3 aliphatic rings. The summed E-state index contributed by atoms with van der Waals surface area (Å²) in [5.74, 6) is 0. The molecule has 0 fully saturated rings. The summed E-state index contributed by atoms with van der Waals surface area (Å²) in [4.78, 5) is 0. The zero-order valence-corrected chi connectivity index (χ0v) is 24.1. The fraction of sp³-hybridized carbons (Fsp3) is 0.586. The van der Waals surface area contributed by atoms with Crippen LogP contribution in [0.3, 0.4) is 0 Å². The van der Waals surface area contributed by atoms with Gasteiger partial charge in [-0.2, -0.15) is 0 Å². The van der Waals surface area contributed by atoms with E-state index in [-0.39, 0.29) is 0 Å².